The molecule has 1 fully saturated rings. The van der Waals surface area contributed by atoms with Gasteiger partial charge >= 0.3 is 5.97 Å². The summed E-state index contributed by atoms with van der Waals surface area (Å²) in [5, 5.41) is 29.7. The number of carboxylic acid groups (broad SMARTS) is 1. The number of aliphatic hydroxyl groups is 2. The molecule has 0 aromatic carbocycles. The van der Waals surface area contributed by atoms with E-state index in [1.54, 1.807) is 0 Å². The lowest BCUT2D eigenvalue weighted by Crippen LogP contribution is -2.37. The van der Waals surface area contributed by atoms with Crippen molar-refractivity contribution in [3.05, 3.63) is 12.7 Å². The van der Waals surface area contributed by atoms with Crippen LogP contribution in [0.3, 0.4) is 0 Å². The molecule has 3 rings (SSSR count). The third-order valence-corrected chi connectivity index (χ3v) is 6.37. The summed E-state index contributed by atoms with van der Waals surface area (Å²) in [7, 11) is -0.235. The zero-order valence-corrected chi connectivity index (χ0v) is 15.5. The number of ether oxygens (including phenoxy) is 1. The number of aliphatic carboxylic acids is 1. The molecule has 3 heterocycles. The molecule has 7 N–H and O–H groups in total. The van der Waals surface area contributed by atoms with Crippen molar-refractivity contribution < 1.29 is 24.9 Å². The summed E-state index contributed by atoms with van der Waals surface area (Å²) in [5.41, 5.74) is 12.1. The van der Waals surface area contributed by atoms with Gasteiger partial charge in [0.2, 0.25) is 0 Å². The lowest BCUT2D eigenvalue weighted by Gasteiger charge is -2.16. The number of fused-ring (bicyclic) bond motifs is 1. The quantitative estimate of drug-likeness (QED) is 0.329. The van der Waals surface area contributed by atoms with Crippen molar-refractivity contribution >= 4 is 33.8 Å². The number of nitrogens with zero attached hydrogens (tertiary/aromatic N) is 4. The van der Waals surface area contributed by atoms with Crippen LogP contribution in [0.25, 0.3) is 11.2 Å². The average Bonchev–Trinajstić information content (AvgIpc) is 3.17. The normalized spacial score (nSPS) is 27.7. The van der Waals surface area contributed by atoms with Gasteiger partial charge in [-0.3, -0.25) is 9.36 Å². The molecule has 0 radical (unpaired) electrons. The number of rotatable bonds is 7. The Balaban J connectivity index is 1.68. The number of imidazole rings is 1. The van der Waals surface area contributed by atoms with Crippen LogP contribution in [-0.2, 0) is 20.4 Å². The zero-order chi connectivity index (χ0) is 19.7. The number of aromatic nitrogens is 4. The van der Waals surface area contributed by atoms with Gasteiger partial charge in [0, 0.05) is 6.42 Å². The van der Waals surface area contributed by atoms with E-state index in [9.17, 15) is 15.0 Å². The fraction of sp³-hybridized carbons (Fsp3) is 0.600. The second-order valence-corrected chi connectivity index (χ2v) is 8.82. The first-order valence-electron chi connectivity index (χ1n) is 8.31. The monoisotopic (exact) mass is 399 g/mol. The van der Waals surface area contributed by atoms with Gasteiger partial charge in [-0.05, 0) is 10.9 Å². The van der Waals surface area contributed by atoms with Gasteiger partial charge in [-0.15, -0.1) is 0 Å². The first kappa shape index (κ1) is 19.8. The highest BCUT2D eigenvalue weighted by molar-refractivity contribution is 7.96. The number of hydrogen-bond donors (Lipinski definition) is 5. The Labute approximate surface area is 157 Å². The first-order valence-corrected chi connectivity index (χ1v) is 10.3. The molecule has 1 saturated heterocycles. The predicted octanol–water partition coefficient (Wildman–Crippen LogP) is -1.92. The molecule has 0 aliphatic carbocycles. The van der Waals surface area contributed by atoms with Crippen LogP contribution in [0.5, 0.6) is 0 Å². The van der Waals surface area contributed by atoms with Crippen molar-refractivity contribution in [3.63, 3.8) is 0 Å². The summed E-state index contributed by atoms with van der Waals surface area (Å²) in [6, 6.07) is -0.907. The van der Waals surface area contributed by atoms with Crippen LogP contribution in [0.4, 0.5) is 5.82 Å². The molecule has 12 heteroatoms. The topological polar surface area (TPSA) is 183 Å². The number of aliphatic hydroxyl groups excluding tert-OH is 2. The zero-order valence-electron chi connectivity index (χ0n) is 14.7. The minimum absolute atomic E-state index is 0.216. The van der Waals surface area contributed by atoms with Crippen LogP contribution in [0, 0.1) is 0 Å². The number of carbonyl (C=O) groups is 1. The molecule has 2 aromatic rings. The van der Waals surface area contributed by atoms with Crippen LogP contribution in [-0.4, -0.2) is 82.9 Å². The molecule has 27 heavy (non-hydrogen) atoms. The van der Waals surface area contributed by atoms with Gasteiger partial charge in [0.15, 0.2) is 17.7 Å². The van der Waals surface area contributed by atoms with Crippen LogP contribution in [0.2, 0.25) is 0 Å². The number of nitrogens with two attached hydrogens (primary N) is 2. The minimum Gasteiger partial charge on any atom is -0.480 e. The van der Waals surface area contributed by atoms with Gasteiger partial charge in [-0.25, -0.2) is 15.0 Å². The Morgan fingerprint density at radius 2 is 2.11 bits per heavy atom. The summed E-state index contributed by atoms with van der Waals surface area (Å²) < 4.78 is 7.41. The smallest absolute Gasteiger partial charge is 0.320 e. The molecule has 0 spiro atoms. The largest absolute Gasteiger partial charge is 0.480 e. The van der Waals surface area contributed by atoms with E-state index in [2.05, 4.69) is 15.0 Å². The molecule has 148 valence electrons. The van der Waals surface area contributed by atoms with E-state index in [0.717, 1.165) is 0 Å². The van der Waals surface area contributed by atoms with Crippen LogP contribution in [0.15, 0.2) is 12.7 Å². The standard InChI is InChI=1S/C15H22N6O5S/c1-27(3-2-7(16)15(24)25)4-8-10(22)11(23)14(26-8)21-6-20-9-12(17)18-5-19-13(9)21/h5-8,10-11,14,22-23H,2-4,16H2,1H3,(H2-,17,18,19,24,25)/p+1/t7-,8-,10+,11+,14+,27?/m0/s1. The molecular weight excluding hydrogens is 376 g/mol. The van der Waals surface area contributed by atoms with Gasteiger partial charge in [-0.2, -0.15) is 0 Å². The summed E-state index contributed by atoms with van der Waals surface area (Å²) in [5.74, 6) is 0.254. The maximum Gasteiger partial charge on any atom is 0.320 e. The molecule has 11 nitrogen and oxygen atoms in total. The predicted molar refractivity (Wildman–Crippen MR) is 98.9 cm³/mol. The minimum atomic E-state index is -1.16. The van der Waals surface area contributed by atoms with Gasteiger partial charge < -0.3 is 31.5 Å². The fourth-order valence-corrected chi connectivity index (χ4v) is 4.63. The maximum atomic E-state index is 10.8. The summed E-state index contributed by atoms with van der Waals surface area (Å²) in [6.07, 6.45) is 1.31. The van der Waals surface area contributed by atoms with Crippen molar-refractivity contribution in [2.75, 3.05) is 23.5 Å². The van der Waals surface area contributed by atoms with Gasteiger partial charge in [-0.1, -0.05) is 0 Å². The van der Waals surface area contributed by atoms with Gasteiger partial charge in [0.1, 0.15) is 47.7 Å². The van der Waals surface area contributed by atoms with Crippen LogP contribution >= 0.6 is 0 Å². The lowest BCUT2D eigenvalue weighted by atomic mass is 10.1. The second-order valence-electron chi connectivity index (χ2n) is 6.51. The first-order chi connectivity index (χ1) is 12.8. The Hall–Kier alpha value is -1.99. The highest BCUT2D eigenvalue weighted by atomic mass is 32.2. The van der Waals surface area contributed by atoms with Crippen molar-refractivity contribution in [3.8, 4) is 0 Å². The van der Waals surface area contributed by atoms with Crippen LogP contribution < -0.4 is 11.5 Å². The number of nitrogen functional groups attached to an aromatic ring is 1. The highest BCUT2D eigenvalue weighted by Crippen LogP contribution is 2.32. The van der Waals surface area contributed by atoms with Crippen LogP contribution in [0.1, 0.15) is 12.6 Å². The third-order valence-electron chi connectivity index (χ3n) is 4.54. The summed E-state index contributed by atoms with van der Waals surface area (Å²) in [6.45, 7) is 0. The van der Waals surface area contributed by atoms with E-state index in [-0.39, 0.29) is 16.7 Å². The number of anilines is 1. The molecule has 1 aliphatic heterocycles. The number of carboxylic acids is 1. The lowest BCUT2D eigenvalue weighted by molar-refractivity contribution is -0.138. The third kappa shape index (κ3) is 3.99. The Kier molecular flexibility index (Phi) is 5.81. The van der Waals surface area contributed by atoms with E-state index >= 15 is 0 Å². The molecule has 1 aliphatic rings. The maximum absolute atomic E-state index is 10.8. The van der Waals surface area contributed by atoms with Crippen molar-refractivity contribution in [2.24, 2.45) is 5.73 Å². The van der Waals surface area contributed by atoms with E-state index in [1.807, 2.05) is 6.26 Å². The van der Waals surface area contributed by atoms with E-state index in [4.69, 9.17) is 21.3 Å². The summed E-state index contributed by atoms with van der Waals surface area (Å²) in [4.78, 5) is 23.0. The highest BCUT2D eigenvalue weighted by Gasteiger charge is 2.46. The average molecular weight is 399 g/mol. The molecule has 0 amide bonds. The summed E-state index contributed by atoms with van der Waals surface area (Å²) >= 11 is 0. The Morgan fingerprint density at radius 3 is 2.81 bits per heavy atom. The molecule has 2 aromatic heterocycles. The Morgan fingerprint density at radius 1 is 1.37 bits per heavy atom. The van der Waals surface area contributed by atoms with Gasteiger partial charge in [0.25, 0.3) is 0 Å². The van der Waals surface area contributed by atoms with Crippen molar-refractivity contribution in [2.45, 2.75) is 37.0 Å². The number of hydrogen-bond acceptors (Lipinski definition) is 9. The van der Waals surface area contributed by atoms with E-state index in [0.29, 0.717) is 29.1 Å². The molecule has 0 saturated carbocycles. The van der Waals surface area contributed by atoms with E-state index < -0.39 is 36.6 Å². The molecule has 0 bridgehead atoms. The molecule has 6 atom stereocenters. The molecular formula is C15H23N6O5S+. The van der Waals surface area contributed by atoms with Crippen molar-refractivity contribution in [1.82, 2.24) is 19.5 Å². The van der Waals surface area contributed by atoms with Gasteiger partial charge in [0.05, 0.1) is 12.6 Å². The van der Waals surface area contributed by atoms with E-state index in [1.165, 1.54) is 17.2 Å². The second kappa shape index (κ2) is 7.94. The SMILES string of the molecule is C[S+](CC[C@H](N)C(=O)O)C[C@@H]1O[C@@H](n2cnc3c(N)ncnc32)[C@H](O)[C@@H]1O. The Bertz CT molecular complexity index is 819. The fourth-order valence-electron chi connectivity index (χ4n) is 2.97. The molecule has 1 unspecified atom stereocenters. The van der Waals surface area contributed by atoms with Crippen molar-refractivity contribution in [1.29, 1.82) is 0 Å².